The summed E-state index contributed by atoms with van der Waals surface area (Å²) in [4.78, 5) is 12.1. The molecule has 2 rings (SSSR count). The number of ether oxygens (including phenoxy) is 2. The smallest absolute Gasteiger partial charge is 0.249 e. The van der Waals surface area contributed by atoms with Crippen LogP contribution in [0, 0.1) is 11.8 Å². The molecule has 2 fully saturated rings. The number of hydrogen-bond acceptors (Lipinski definition) is 3. The molecule has 0 aliphatic carbocycles. The van der Waals surface area contributed by atoms with Gasteiger partial charge in [0.1, 0.15) is 6.10 Å². The second kappa shape index (κ2) is 6.71. The van der Waals surface area contributed by atoms with E-state index in [1.165, 1.54) is 0 Å². The minimum Gasteiger partial charge on any atom is -0.378 e. The highest BCUT2D eigenvalue weighted by Crippen LogP contribution is 2.26. The van der Waals surface area contributed by atoms with Crippen molar-refractivity contribution in [1.29, 1.82) is 0 Å². The summed E-state index contributed by atoms with van der Waals surface area (Å²) in [6.07, 6.45) is 4.24. The summed E-state index contributed by atoms with van der Waals surface area (Å²) < 4.78 is 11.5. The first-order valence-electron chi connectivity index (χ1n) is 7.66. The monoisotopic (exact) mass is 269 g/mol. The predicted molar refractivity (Wildman–Crippen MR) is 73.9 cm³/mol. The molecule has 4 heteroatoms. The lowest BCUT2D eigenvalue weighted by Gasteiger charge is -2.23. The lowest BCUT2D eigenvalue weighted by molar-refractivity contribution is -0.132. The van der Waals surface area contributed by atoms with Crippen molar-refractivity contribution in [3.05, 3.63) is 0 Å². The fourth-order valence-corrected chi connectivity index (χ4v) is 3.16. The molecule has 2 heterocycles. The Morgan fingerprint density at radius 3 is 2.74 bits per heavy atom. The van der Waals surface area contributed by atoms with Gasteiger partial charge in [-0.05, 0) is 31.6 Å². The second-order valence-electron chi connectivity index (χ2n) is 6.11. The van der Waals surface area contributed by atoms with Gasteiger partial charge in [-0.15, -0.1) is 0 Å². The summed E-state index contributed by atoms with van der Waals surface area (Å²) >= 11 is 0. The van der Waals surface area contributed by atoms with Crippen molar-refractivity contribution in [2.75, 3.05) is 13.2 Å². The van der Waals surface area contributed by atoms with Crippen LogP contribution < -0.4 is 5.32 Å². The molecule has 0 saturated carbocycles. The fourth-order valence-electron chi connectivity index (χ4n) is 3.16. The summed E-state index contributed by atoms with van der Waals surface area (Å²) in [7, 11) is 0. The zero-order valence-electron chi connectivity index (χ0n) is 12.4. The number of nitrogens with one attached hydrogen (secondary N) is 1. The topological polar surface area (TPSA) is 47.6 Å². The lowest BCUT2D eigenvalue weighted by Crippen LogP contribution is -2.40. The molecule has 0 bridgehead atoms. The first kappa shape index (κ1) is 14.8. The zero-order chi connectivity index (χ0) is 13.8. The number of rotatable bonds is 5. The third kappa shape index (κ3) is 3.69. The van der Waals surface area contributed by atoms with Crippen molar-refractivity contribution < 1.29 is 14.3 Å². The number of amides is 1. The van der Waals surface area contributed by atoms with E-state index < -0.39 is 0 Å². The maximum atomic E-state index is 12.1. The van der Waals surface area contributed by atoms with Gasteiger partial charge in [-0.1, -0.05) is 20.8 Å². The Hall–Kier alpha value is -0.610. The maximum absolute atomic E-state index is 12.1. The Bertz CT molecular complexity index is 306. The van der Waals surface area contributed by atoms with Gasteiger partial charge in [-0.25, -0.2) is 0 Å². The molecule has 2 aliphatic heterocycles. The van der Waals surface area contributed by atoms with Crippen molar-refractivity contribution in [2.24, 2.45) is 11.8 Å². The third-order valence-corrected chi connectivity index (χ3v) is 4.31. The van der Waals surface area contributed by atoms with Gasteiger partial charge in [-0.3, -0.25) is 4.79 Å². The standard InChI is InChI=1S/C15H27NO3/c1-4-12-5-6-13(19-12)15(17)16-9-11-7-8-18-14(11)10(2)3/h10-14H,4-9H2,1-3H3,(H,16,17)/t11-,12?,13?,14-/m1/s1. The van der Waals surface area contributed by atoms with Gasteiger partial charge in [0.05, 0.1) is 12.2 Å². The highest BCUT2D eigenvalue weighted by Gasteiger charge is 2.33. The molecule has 19 heavy (non-hydrogen) atoms. The SMILES string of the molecule is CCC1CCC(C(=O)NC[C@H]2CCO[C@@H]2C(C)C)O1. The van der Waals surface area contributed by atoms with Gasteiger partial charge < -0.3 is 14.8 Å². The molecule has 1 amide bonds. The van der Waals surface area contributed by atoms with Gasteiger partial charge in [-0.2, -0.15) is 0 Å². The maximum Gasteiger partial charge on any atom is 0.249 e. The summed E-state index contributed by atoms with van der Waals surface area (Å²) in [5.74, 6) is 1.02. The molecule has 0 aromatic carbocycles. The molecule has 2 unspecified atom stereocenters. The van der Waals surface area contributed by atoms with Gasteiger partial charge in [0, 0.05) is 19.1 Å². The normalized spacial score (nSPS) is 34.9. The van der Waals surface area contributed by atoms with Crippen LogP contribution in [0.5, 0.6) is 0 Å². The largest absolute Gasteiger partial charge is 0.378 e. The van der Waals surface area contributed by atoms with Crippen LogP contribution in [0.25, 0.3) is 0 Å². The summed E-state index contributed by atoms with van der Waals surface area (Å²) in [6.45, 7) is 8.00. The van der Waals surface area contributed by atoms with E-state index in [2.05, 4.69) is 26.1 Å². The summed E-state index contributed by atoms with van der Waals surface area (Å²) in [5.41, 5.74) is 0. The van der Waals surface area contributed by atoms with Crippen LogP contribution in [-0.2, 0) is 14.3 Å². The quantitative estimate of drug-likeness (QED) is 0.831. The Labute approximate surface area is 116 Å². The fraction of sp³-hybridized carbons (Fsp3) is 0.933. The Kier molecular flexibility index (Phi) is 5.22. The summed E-state index contributed by atoms with van der Waals surface area (Å²) in [5, 5.41) is 3.05. The summed E-state index contributed by atoms with van der Waals surface area (Å²) in [6, 6.07) is 0. The predicted octanol–water partition coefficient (Wildman–Crippen LogP) is 2.12. The molecule has 4 atom stereocenters. The molecule has 110 valence electrons. The van der Waals surface area contributed by atoms with Crippen LogP contribution in [0.15, 0.2) is 0 Å². The van der Waals surface area contributed by atoms with Crippen molar-refractivity contribution in [1.82, 2.24) is 5.32 Å². The van der Waals surface area contributed by atoms with E-state index in [-0.39, 0.29) is 24.2 Å². The Morgan fingerprint density at radius 1 is 1.32 bits per heavy atom. The first-order valence-corrected chi connectivity index (χ1v) is 7.66. The first-order chi connectivity index (χ1) is 9.11. The Balaban J connectivity index is 1.74. The van der Waals surface area contributed by atoms with Crippen molar-refractivity contribution in [3.63, 3.8) is 0 Å². The minimum absolute atomic E-state index is 0.0605. The Morgan fingerprint density at radius 2 is 2.11 bits per heavy atom. The van der Waals surface area contributed by atoms with Crippen molar-refractivity contribution in [2.45, 2.75) is 64.8 Å². The average molecular weight is 269 g/mol. The number of hydrogen-bond donors (Lipinski definition) is 1. The van der Waals surface area contributed by atoms with E-state index >= 15 is 0 Å². The van der Waals surface area contributed by atoms with E-state index in [1.807, 2.05) is 0 Å². The molecule has 0 aromatic rings. The van der Waals surface area contributed by atoms with Crippen LogP contribution in [-0.4, -0.2) is 37.4 Å². The number of carbonyl (C=O) groups is 1. The molecule has 4 nitrogen and oxygen atoms in total. The van der Waals surface area contributed by atoms with E-state index in [4.69, 9.17) is 9.47 Å². The number of carbonyl (C=O) groups excluding carboxylic acids is 1. The lowest BCUT2D eigenvalue weighted by atomic mass is 9.93. The molecular weight excluding hydrogens is 242 g/mol. The molecule has 2 aliphatic rings. The van der Waals surface area contributed by atoms with E-state index in [0.717, 1.165) is 38.8 Å². The molecule has 0 aromatic heterocycles. The van der Waals surface area contributed by atoms with E-state index in [1.54, 1.807) is 0 Å². The van der Waals surface area contributed by atoms with Crippen LogP contribution in [0.1, 0.15) is 46.5 Å². The van der Waals surface area contributed by atoms with E-state index in [9.17, 15) is 4.79 Å². The highest BCUT2D eigenvalue weighted by molar-refractivity contribution is 5.81. The van der Waals surface area contributed by atoms with Crippen LogP contribution >= 0.6 is 0 Å². The highest BCUT2D eigenvalue weighted by atomic mass is 16.5. The van der Waals surface area contributed by atoms with Crippen LogP contribution in [0.3, 0.4) is 0 Å². The van der Waals surface area contributed by atoms with Crippen LogP contribution in [0.2, 0.25) is 0 Å². The van der Waals surface area contributed by atoms with Gasteiger partial charge >= 0.3 is 0 Å². The van der Waals surface area contributed by atoms with Gasteiger partial charge in [0.25, 0.3) is 0 Å². The van der Waals surface area contributed by atoms with Crippen LogP contribution in [0.4, 0.5) is 0 Å². The van der Waals surface area contributed by atoms with Crippen molar-refractivity contribution >= 4 is 5.91 Å². The molecular formula is C15H27NO3. The molecule has 0 radical (unpaired) electrons. The average Bonchev–Trinajstić information content (AvgIpc) is 3.04. The van der Waals surface area contributed by atoms with Crippen molar-refractivity contribution in [3.8, 4) is 0 Å². The molecule has 2 saturated heterocycles. The molecule has 1 N–H and O–H groups in total. The second-order valence-corrected chi connectivity index (χ2v) is 6.11. The van der Waals surface area contributed by atoms with Gasteiger partial charge in [0.15, 0.2) is 0 Å². The minimum atomic E-state index is -0.232. The van der Waals surface area contributed by atoms with Gasteiger partial charge in [0.2, 0.25) is 5.91 Å². The zero-order valence-corrected chi connectivity index (χ0v) is 12.4. The molecule has 0 spiro atoms. The van der Waals surface area contributed by atoms with E-state index in [0.29, 0.717) is 11.8 Å². The third-order valence-electron chi connectivity index (χ3n) is 4.31.